The Balaban J connectivity index is 1.80. The van der Waals surface area contributed by atoms with Crippen molar-refractivity contribution < 1.29 is 22.7 Å². The highest BCUT2D eigenvalue weighted by Gasteiger charge is 2.39. The van der Waals surface area contributed by atoms with E-state index in [1.165, 1.54) is 16.2 Å². The number of benzene rings is 1. The number of likely N-dealkylation sites (tertiary alicyclic amines) is 1. The molecule has 2 atom stereocenters. The predicted molar refractivity (Wildman–Crippen MR) is 96.2 cm³/mol. The number of hydrogen-bond donors (Lipinski definition) is 2. The molecule has 0 unspecified atom stereocenters. The Morgan fingerprint density at radius 3 is 2.77 bits per heavy atom. The number of carbonyl (C=O) groups is 1. The maximum Gasteiger partial charge on any atom is 0.407 e. The first-order chi connectivity index (χ1) is 12.4. The van der Waals surface area contributed by atoms with Gasteiger partial charge in [-0.15, -0.1) is 11.3 Å². The summed E-state index contributed by atoms with van der Waals surface area (Å²) in [5, 5.41) is 12.0. The predicted octanol–water partition coefficient (Wildman–Crippen LogP) is 2.32. The Labute approximate surface area is 154 Å². The monoisotopic (exact) mass is 399 g/mol. The standard InChI is InChI=1S/C16H18FN3O4S2/c17-10-26(23,24)19-13-6-7-20(16(21)22)14(13)8-12-9-25-15(18-12)11-4-2-1-3-5-11/h1-5,9,13-14,19H,6-8,10H2,(H,21,22)/t13-,14-/m1/s1. The van der Waals surface area contributed by atoms with Gasteiger partial charge >= 0.3 is 6.09 Å². The van der Waals surface area contributed by atoms with Crippen molar-refractivity contribution in [1.82, 2.24) is 14.6 Å². The van der Waals surface area contributed by atoms with Gasteiger partial charge in [0.25, 0.3) is 0 Å². The van der Waals surface area contributed by atoms with Gasteiger partial charge in [0.05, 0.1) is 11.7 Å². The van der Waals surface area contributed by atoms with Crippen LogP contribution in [0.2, 0.25) is 0 Å². The highest BCUT2D eigenvalue weighted by Crippen LogP contribution is 2.27. The Morgan fingerprint density at radius 1 is 1.38 bits per heavy atom. The van der Waals surface area contributed by atoms with Gasteiger partial charge in [-0.1, -0.05) is 30.3 Å². The summed E-state index contributed by atoms with van der Waals surface area (Å²) in [6.45, 7) is 0.190. The molecule has 0 spiro atoms. The molecule has 26 heavy (non-hydrogen) atoms. The van der Waals surface area contributed by atoms with Crippen LogP contribution in [0.4, 0.5) is 9.18 Å². The van der Waals surface area contributed by atoms with Gasteiger partial charge in [0, 0.05) is 30.0 Å². The van der Waals surface area contributed by atoms with Crippen molar-refractivity contribution in [3.8, 4) is 10.6 Å². The van der Waals surface area contributed by atoms with Gasteiger partial charge in [0.1, 0.15) is 5.01 Å². The molecule has 2 heterocycles. The number of sulfonamides is 1. The van der Waals surface area contributed by atoms with Gasteiger partial charge in [0.2, 0.25) is 16.0 Å². The number of carboxylic acid groups (broad SMARTS) is 1. The van der Waals surface area contributed by atoms with Crippen LogP contribution in [0.1, 0.15) is 12.1 Å². The molecule has 7 nitrogen and oxygen atoms in total. The van der Waals surface area contributed by atoms with Crippen LogP contribution in [0.5, 0.6) is 0 Å². The number of rotatable bonds is 6. The second kappa shape index (κ2) is 7.68. The van der Waals surface area contributed by atoms with Crippen molar-refractivity contribution >= 4 is 27.5 Å². The van der Waals surface area contributed by atoms with Gasteiger partial charge < -0.3 is 10.0 Å². The molecule has 140 valence electrons. The average Bonchev–Trinajstić information content (AvgIpc) is 3.24. The van der Waals surface area contributed by atoms with Gasteiger partial charge in [-0.25, -0.2) is 27.3 Å². The fraction of sp³-hybridized carbons (Fsp3) is 0.375. The van der Waals surface area contributed by atoms with Gasteiger partial charge in [-0.2, -0.15) is 0 Å². The lowest BCUT2D eigenvalue weighted by atomic mass is 10.1. The summed E-state index contributed by atoms with van der Waals surface area (Å²) in [4.78, 5) is 17.2. The van der Waals surface area contributed by atoms with E-state index in [2.05, 4.69) is 9.71 Å². The van der Waals surface area contributed by atoms with Crippen LogP contribution in [-0.2, 0) is 16.4 Å². The molecule has 1 aliphatic heterocycles. The summed E-state index contributed by atoms with van der Waals surface area (Å²) in [6, 6.07) is 6.75. The maximum absolute atomic E-state index is 12.6. The molecule has 1 fully saturated rings. The summed E-state index contributed by atoms with van der Waals surface area (Å²) in [5.41, 5.74) is 1.64. The highest BCUT2D eigenvalue weighted by molar-refractivity contribution is 7.89. The van der Waals surface area contributed by atoms with Crippen molar-refractivity contribution in [2.75, 3.05) is 12.6 Å². The summed E-state index contributed by atoms with van der Waals surface area (Å²) in [5.74, 6) is 0. The van der Waals surface area contributed by atoms with Crippen LogP contribution in [0.3, 0.4) is 0 Å². The molecule has 0 aliphatic carbocycles. The normalized spacial score (nSPS) is 20.4. The van der Waals surface area contributed by atoms with E-state index in [9.17, 15) is 22.7 Å². The molecule has 1 aromatic heterocycles. The summed E-state index contributed by atoms with van der Waals surface area (Å²) >= 11 is 1.44. The Bertz CT molecular complexity index is 873. The van der Waals surface area contributed by atoms with E-state index >= 15 is 0 Å². The van der Waals surface area contributed by atoms with Crippen LogP contribution in [0.25, 0.3) is 10.6 Å². The largest absolute Gasteiger partial charge is 0.465 e. The van der Waals surface area contributed by atoms with Crippen molar-refractivity contribution in [3.63, 3.8) is 0 Å². The number of nitrogens with one attached hydrogen (secondary N) is 1. The fourth-order valence-electron chi connectivity index (χ4n) is 3.07. The zero-order valence-electron chi connectivity index (χ0n) is 13.7. The smallest absolute Gasteiger partial charge is 0.407 e. The Hall–Kier alpha value is -2.04. The van der Waals surface area contributed by atoms with E-state index in [1.807, 2.05) is 35.7 Å². The first-order valence-electron chi connectivity index (χ1n) is 7.95. The van der Waals surface area contributed by atoms with E-state index in [-0.39, 0.29) is 13.0 Å². The molecule has 0 bridgehead atoms. The second-order valence-electron chi connectivity index (χ2n) is 5.99. The zero-order chi connectivity index (χ0) is 18.7. The highest BCUT2D eigenvalue weighted by atomic mass is 32.2. The molecule has 1 aromatic carbocycles. The van der Waals surface area contributed by atoms with Crippen LogP contribution < -0.4 is 4.72 Å². The minimum Gasteiger partial charge on any atom is -0.465 e. The Kier molecular flexibility index (Phi) is 5.54. The van der Waals surface area contributed by atoms with Crippen molar-refractivity contribution in [1.29, 1.82) is 0 Å². The lowest BCUT2D eigenvalue weighted by Gasteiger charge is -2.25. The molecule has 3 rings (SSSR count). The quantitative estimate of drug-likeness (QED) is 0.777. The molecule has 1 saturated heterocycles. The number of amides is 1. The number of halogens is 1. The lowest BCUT2D eigenvalue weighted by molar-refractivity contribution is 0.137. The number of alkyl halides is 1. The van der Waals surface area contributed by atoms with Gasteiger partial charge in [-0.3, -0.25) is 0 Å². The molecular weight excluding hydrogens is 381 g/mol. The molecular formula is C16H18FN3O4S2. The SMILES string of the molecule is O=C(O)N1CC[C@@H](NS(=O)(=O)CF)[C@H]1Cc1csc(-c2ccccc2)n1. The van der Waals surface area contributed by atoms with E-state index in [4.69, 9.17) is 0 Å². The first kappa shape index (κ1) is 18.7. The third kappa shape index (κ3) is 4.19. The molecule has 2 aromatic rings. The van der Waals surface area contributed by atoms with E-state index < -0.39 is 34.2 Å². The molecule has 0 saturated carbocycles. The van der Waals surface area contributed by atoms with Crippen LogP contribution in [0, 0.1) is 0 Å². The topological polar surface area (TPSA) is 99.6 Å². The summed E-state index contributed by atoms with van der Waals surface area (Å²) in [7, 11) is -4.07. The number of nitrogens with zero attached hydrogens (tertiary/aromatic N) is 2. The van der Waals surface area contributed by atoms with E-state index in [1.54, 1.807) is 0 Å². The Morgan fingerprint density at radius 2 is 2.12 bits per heavy atom. The molecule has 1 amide bonds. The van der Waals surface area contributed by atoms with Crippen molar-refractivity contribution in [2.45, 2.75) is 24.9 Å². The maximum atomic E-state index is 12.6. The third-order valence-corrected chi connectivity index (χ3v) is 6.15. The minimum atomic E-state index is -4.07. The number of thiazole rings is 1. The molecule has 0 radical (unpaired) electrons. The van der Waals surface area contributed by atoms with Crippen molar-refractivity contribution in [3.05, 3.63) is 41.4 Å². The third-order valence-electron chi connectivity index (χ3n) is 4.26. The second-order valence-corrected chi connectivity index (χ2v) is 8.54. The summed E-state index contributed by atoms with van der Waals surface area (Å²) in [6.07, 6.45) is -0.573. The average molecular weight is 399 g/mol. The van der Waals surface area contributed by atoms with E-state index in [0.29, 0.717) is 12.1 Å². The number of aromatic nitrogens is 1. The lowest BCUT2D eigenvalue weighted by Crippen LogP contribution is -2.47. The van der Waals surface area contributed by atoms with Gasteiger partial charge in [-0.05, 0) is 6.42 Å². The zero-order valence-corrected chi connectivity index (χ0v) is 15.3. The van der Waals surface area contributed by atoms with Crippen LogP contribution >= 0.6 is 11.3 Å². The minimum absolute atomic E-state index is 0.190. The number of hydrogen-bond acceptors (Lipinski definition) is 5. The van der Waals surface area contributed by atoms with E-state index in [0.717, 1.165) is 10.6 Å². The van der Waals surface area contributed by atoms with Crippen LogP contribution in [0.15, 0.2) is 35.7 Å². The first-order valence-corrected chi connectivity index (χ1v) is 10.5. The van der Waals surface area contributed by atoms with Gasteiger partial charge in [0.15, 0.2) is 0 Å². The molecule has 10 heteroatoms. The fourth-order valence-corrected chi connectivity index (χ4v) is 4.71. The molecule has 1 aliphatic rings. The molecule has 2 N–H and O–H groups in total. The summed E-state index contributed by atoms with van der Waals surface area (Å²) < 4.78 is 38.0. The van der Waals surface area contributed by atoms with Crippen molar-refractivity contribution in [2.24, 2.45) is 0 Å². The van der Waals surface area contributed by atoms with Crippen LogP contribution in [-0.4, -0.2) is 54.1 Å².